The SMILES string of the molecule is CC(COc1cnc(C(=O)NCCN2CC3(CCN(C(=O)O)CC3)N(C(C)(C)C)C2=O)c(Cl)c1)c1ccccc1. The molecule has 1 aromatic heterocycles. The molecule has 10 nitrogen and oxygen atoms in total. The number of carbonyl (C=O) groups excluding carboxylic acids is 2. The zero-order chi connectivity index (χ0) is 29.1. The maximum atomic E-state index is 13.4. The smallest absolute Gasteiger partial charge is 0.407 e. The van der Waals surface area contributed by atoms with Crippen molar-refractivity contribution in [1.82, 2.24) is 25.0 Å². The summed E-state index contributed by atoms with van der Waals surface area (Å²) < 4.78 is 5.85. The lowest BCUT2D eigenvalue weighted by molar-refractivity contribution is 0.0288. The van der Waals surface area contributed by atoms with Gasteiger partial charge >= 0.3 is 12.1 Å². The molecule has 4 rings (SSSR count). The van der Waals surface area contributed by atoms with Crippen molar-refractivity contribution in [2.45, 2.75) is 57.5 Å². The van der Waals surface area contributed by atoms with Gasteiger partial charge in [-0.15, -0.1) is 0 Å². The zero-order valence-electron chi connectivity index (χ0n) is 23.5. The molecule has 11 heteroatoms. The summed E-state index contributed by atoms with van der Waals surface area (Å²) in [7, 11) is 0. The van der Waals surface area contributed by atoms with Gasteiger partial charge in [0.05, 0.1) is 23.4 Å². The van der Waals surface area contributed by atoms with E-state index in [1.807, 2.05) is 56.0 Å². The largest absolute Gasteiger partial charge is 0.491 e. The lowest BCUT2D eigenvalue weighted by Crippen LogP contribution is -2.60. The van der Waals surface area contributed by atoms with Crippen LogP contribution in [0.1, 0.15) is 62.5 Å². The number of amides is 4. The number of piperidine rings is 1. The number of halogens is 1. The van der Waals surface area contributed by atoms with Crippen LogP contribution in [0.2, 0.25) is 5.02 Å². The molecule has 2 fully saturated rings. The van der Waals surface area contributed by atoms with Crippen LogP contribution >= 0.6 is 11.6 Å². The number of aromatic nitrogens is 1. The number of hydrogen-bond acceptors (Lipinski definition) is 5. The van der Waals surface area contributed by atoms with E-state index in [0.29, 0.717) is 51.4 Å². The standard InChI is InChI=1S/C29H38ClN5O5/c1-20(21-8-6-5-7-9-21)18-40-22-16-23(30)24(32-17-22)25(36)31-12-15-34-19-29(35(26(34)37)28(2,3)4)10-13-33(14-11-29)27(38)39/h5-9,16-17,20H,10-15,18-19H2,1-4H3,(H,31,36)(H,38,39). The number of benzene rings is 1. The van der Waals surface area contributed by atoms with Crippen molar-refractivity contribution < 1.29 is 24.2 Å². The van der Waals surface area contributed by atoms with Gasteiger partial charge in [0, 0.05) is 50.2 Å². The molecule has 2 saturated heterocycles. The molecule has 2 N–H and O–H groups in total. The fraction of sp³-hybridized carbons (Fsp3) is 0.517. The van der Waals surface area contributed by atoms with E-state index in [4.69, 9.17) is 16.3 Å². The van der Waals surface area contributed by atoms with Gasteiger partial charge in [-0.25, -0.2) is 14.6 Å². The van der Waals surface area contributed by atoms with Gasteiger partial charge in [0.15, 0.2) is 0 Å². The van der Waals surface area contributed by atoms with Crippen molar-refractivity contribution in [1.29, 1.82) is 0 Å². The Balaban J connectivity index is 1.32. The second-order valence-corrected chi connectivity index (χ2v) is 12.0. The molecule has 1 spiro atoms. The number of urea groups is 1. The Hall–Kier alpha value is -3.53. The Kier molecular flexibility index (Phi) is 8.77. The molecule has 2 aliphatic rings. The number of rotatable bonds is 8. The van der Waals surface area contributed by atoms with Gasteiger partial charge < -0.3 is 29.9 Å². The van der Waals surface area contributed by atoms with E-state index in [0.717, 1.165) is 5.56 Å². The second kappa shape index (κ2) is 11.9. The summed E-state index contributed by atoms with van der Waals surface area (Å²) in [6.45, 7) is 10.3. The van der Waals surface area contributed by atoms with Crippen LogP contribution in [0.4, 0.5) is 9.59 Å². The van der Waals surface area contributed by atoms with E-state index >= 15 is 0 Å². The third-order valence-electron chi connectivity index (χ3n) is 7.62. The van der Waals surface area contributed by atoms with Crippen LogP contribution < -0.4 is 10.1 Å². The van der Waals surface area contributed by atoms with Crippen molar-refractivity contribution in [2.24, 2.45) is 0 Å². The molecule has 0 aliphatic carbocycles. The lowest BCUT2D eigenvalue weighted by atomic mass is 9.84. The summed E-state index contributed by atoms with van der Waals surface area (Å²) in [6, 6.07) is 11.5. The molecule has 2 aliphatic heterocycles. The van der Waals surface area contributed by atoms with Crippen LogP contribution in [0.15, 0.2) is 42.6 Å². The molecule has 1 atom stereocenters. The molecule has 1 unspecified atom stereocenters. The van der Waals surface area contributed by atoms with E-state index in [1.165, 1.54) is 11.1 Å². The average Bonchev–Trinajstić information content (AvgIpc) is 3.18. The summed E-state index contributed by atoms with van der Waals surface area (Å²) >= 11 is 6.37. The molecule has 0 radical (unpaired) electrons. The van der Waals surface area contributed by atoms with Gasteiger partial charge in [-0.1, -0.05) is 48.9 Å². The minimum Gasteiger partial charge on any atom is -0.491 e. The Morgan fingerprint density at radius 3 is 2.48 bits per heavy atom. The molecule has 0 saturated carbocycles. The van der Waals surface area contributed by atoms with E-state index in [9.17, 15) is 19.5 Å². The summed E-state index contributed by atoms with van der Waals surface area (Å²) in [5.74, 6) is 0.223. The van der Waals surface area contributed by atoms with Gasteiger partial charge in [0.2, 0.25) is 0 Å². The normalized spacial score (nSPS) is 17.7. The van der Waals surface area contributed by atoms with E-state index in [1.54, 1.807) is 11.0 Å². The maximum Gasteiger partial charge on any atom is 0.407 e. The van der Waals surface area contributed by atoms with Crippen molar-refractivity contribution in [2.75, 3.05) is 39.3 Å². The van der Waals surface area contributed by atoms with Gasteiger partial charge in [0.25, 0.3) is 5.91 Å². The molecule has 1 aromatic carbocycles. The highest BCUT2D eigenvalue weighted by Crippen LogP contribution is 2.40. The van der Waals surface area contributed by atoms with E-state index < -0.39 is 23.1 Å². The molecule has 0 bridgehead atoms. The van der Waals surface area contributed by atoms with Crippen LogP contribution in [0.5, 0.6) is 5.75 Å². The fourth-order valence-electron chi connectivity index (χ4n) is 5.66. The number of carbonyl (C=O) groups is 3. The highest BCUT2D eigenvalue weighted by molar-refractivity contribution is 6.33. The quantitative estimate of drug-likeness (QED) is 0.475. The summed E-state index contributed by atoms with van der Waals surface area (Å²) in [4.78, 5) is 46.9. The topological polar surface area (TPSA) is 115 Å². The second-order valence-electron chi connectivity index (χ2n) is 11.6. The average molecular weight is 572 g/mol. The highest BCUT2D eigenvalue weighted by Gasteiger charge is 2.54. The number of hydrogen-bond donors (Lipinski definition) is 2. The Labute approximate surface area is 240 Å². The first kappa shape index (κ1) is 29.5. The molecule has 40 heavy (non-hydrogen) atoms. The third kappa shape index (κ3) is 6.43. The molecular weight excluding hydrogens is 534 g/mol. The molecule has 3 heterocycles. The van der Waals surface area contributed by atoms with Gasteiger partial charge in [-0.2, -0.15) is 0 Å². The monoisotopic (exact) mass is 571 g/mol. The third-order valence-corrected chi connectivity index (χ3v) is 7.91. The van der Waals surface area contributed by atoms with Crippen LogP contribution in [-0.2, 0) is 0 Å². The Bertz CT molecular complexity index is 1230. The number of nitrogens with zero attached hydrogens (tertiary/aromatic N) is 4. The first-order valence-electron chi connectivity index (χ1n) is 13.6. The Morgan fingerprint density at radius 2 is 1.88 bits per heavy atom. The van der Waals surface area contributed by atoms with Crippen LogP contribution in [0.3, 0.4) is 0 Å². The van der Waals surface area contributed by atoms with E-state index in [2.05, 4.69) is 17.2 Å². The highest BCUT2D eigenvalue weighted by atomic mass is 35.5. The number of carboxylic acid groups (broad SMARTS) is 1. The van der Waals surface area contributed by atoms with Gasteiger partial charge in [-0.05, 0) is 39.2 Å². The van der Waals surface area contributed by atoms with Gasteiger partial charge in [-0.3, -0.25) is 4.79 Å². The minimum absolute atomic E-state index is 0.0895. The summed E-state index contributed by atoms with van der Waals surface area (Å²) in [6.07, 6.45) is 1.69. The number of likely N-dealkylation sites (tertiary alicyclic amines) is 1. The Morgan fingerprint density at radius 1 is 1.20 bits per heavy atom. The zero-order valence-corrected chi connectivity index (χ0v) is 24.3. The van der Waals surface area contributed by atoms with Gasteiger partial charge in [0.1, 0.15) is 11.4 Å². The van der Waals surface area contributed by atoms with Crippen LogP contribution in [0, 0.1) is 0 Å². The predicted octanol–water partition coefficient (Wildman–Crippen LogP) is 4.70. The van der Waals surface area contributed by atoms with Crippen molar-refractivity contribution in [3.8, 4) is 5.75 Å². The van der Waals surface area contributed by atoms with E-state index in [-0.39, 0.29) is 29.2 Å². The summed E-state index contributed by atoms with van der Waals surface area (Å²) in [5.41, 5.74) is 0.382. The molecule has 2 aromatic rings. The maximum absolute atomic E-state index is 13.4. The van der Waals surface area contributed by atoms with Crippen LogP contribution in [-0.4, -0.2) is 93.2 Å². The van der Waals surface area contributed by atoms with Crippen molar-refractivity contribution in [3.05, 3.63) is 58.9 Å². The molecule has 216 valence electrons. The number of pyridine rings is 1. The first-order chi connectivity index (χ1) is 18.9. The van der Waals surface area contributed by atoms with Crippen molar-refractivity contribution in [3.63, 3.8) is 0 Å². The number of ether oxygens (including phenoxy) is 1. The fourth-order valence-corrected chi connectivity index (χ4v) is 5.90. The van der Waals surface area contributed by atoms with Crippen LogP contribution in [0.25, 0.3) is 0 Å². The first-order valence-corrected chi connectivity index (χ1v) is 14.0. The molecular formula is C29H38ClN5O5. The summed E-state index contributed by atoms with van der Waals surface area (Å²) in [5, 5.41) is 12.4. The lowest BCUT2D eigenvalue weighted by Gasteiger charge is -2.48. The predicted molar refractivity (Wildman–Crippen MR) is 152 cm³/mol. The molecule has 4 amide bonds. The number of nitrogens with one attached hydrogen (secondary N) is 1. The van der Waals surface area contributed by atoms with Crippen molar-refractivity contribution >= 4 is 29.6 Å². The minimum atomic E-state index is -0.936.